The molecule has 0 unspecified atom stereocenters. The summed E-state index contributed by atoms with van der Waals surface area (Å²) >= 11 is 5.96. The van der Waals surface area contributed by atoms with Crippen LogP contribution in [-0.4, -0.2) is 17.3 Å². The number of halogens is 1. The molecule has 3 atom stereocenters. The Hall–Kier alpha value is -0.570. The quantitative estimate of drug-likeness (QED) is 0.420. The molecule has 124 valence electrons. The summed E-state index contributed by atoms with van der Waals surface area (Å²) in [5.74, 6) is 0. The molecule has 0 aromatic heterocycles. The zero-order chi connectivity index (χ0) is 15.8. The second-order valence-corrected chi connectivity index (χ2v) is 6.84. The van der Waals surface area contributed by atoms with Crippen LogP contribution >= 0.6 is 11.6 Å². The van der Waals surface area contributed by atoms with Crippen molar-refractivity contribution in [3.8, 4) is 0 Å². The van der Waals surface area contributed by atoms with Crippen molar-refractivity contribution in [3.05, 3.63) is 34.9 Å². The number of rotatable bonds is 11. The summed E-state index contributed by atoms with van der Waals surface area (Å²) in [6.45, 7) is 2.25. The predicted octanol–water partition coefficient (Wildman–Crippen LogP) is 5.67. The van der Waals surface area contributed by atoms with Crippen molar-refractivity contribution in [1.82, 2.24) is 0 Å². The van der Waals surface area contributed by atoms with Gasteiger partial charge < -0.3 is 9.84 Å². The normalized spacial score (nSPS) is 21.8. The number of hydrogen-bond donors (Lipinski definition) is 1. The lowest BCUT2D eigenvalue weighted by atomic mass is 10.0. The fraction of sp³-hybridized carbons (Fsp3) is 0.684. The van der Waals surface area contributed by atoms with E-state index in [1.165, 1.54) is 51.4 Å². The lowest BCUT2D eigenvalue weighted by molar-refractivity contribution is 0.137. The molecule has 1 aliphatic heterocycles. The highest BCUT2D eigenvalue weighted by Gasteiger charge is 2.44. The molecular formula is C19H29ClO2. The standard InChI is InChI=1S/C19H29ClO2/c1-2-3-4-5-6-7-8-9-13-17-19(22-17)18(21)15-11-10-12-16(20)14-15/h10-12,14,17-19,21H,2-9,13H2,1H3/t17-,18+,19+/m1/s1. The van der Waals surface area contributed by atoms with Gasteiger partial charge in [0.2, 0.25) is 0 Å². The summed E-state index contributed by atoms with van der Waals surface area (Å²) in [7, 11) is 0. The maximum absolute atomic E-state index is 10.3. The number of unbranched alkanes of at least 4 members (excludes halogenated alkanes) is 7. The zero-order valence-corrected chi connectivity index (χ0v) is 14.4. The van der Waals surface area contributed by atoms with Crippen LogP contribution in [0.4, 0.5) is 0 Å². The van der Waals surface area contributed by atoms with Crippen molar-refractivity contribution >= 4 is 11.6 Å². The van der Waals surface area contributed by atoms with Gasteiger partial charge in [-0.2, -0.15) is 0 Å². The van der Waals surface area contributed by atoms with Crippen LogP contribution in [0.1, 0.15) is 76.4 Å². The minimum Gasteiger partial charge on any atom is -0.386 e. The molecule has 0 radical (unpaired) electrons. The first-order chi connectivity index (χ1) is 10.7. The van der Waals surface area contributed by atoms with Crippen molar-refractivity contribution in [2.24, 2.45) is 0 Å². The molecule has 2 nitrogen and oxygen atoms in total. The first-order valence-electron chi connectivity index (χ1n) is 8.81. The first kappa shape index (κ1) is 17.8. The monoisotopic (exact) mass is 324 g/mol. The number of hydrogen-bond acceptors (Lipinski definition) is 2. The Bertz CT molecular complexity index is 435. The summed E-state index contributed by atoms with van der Waals surface area (Å²) < 4.78 is 5.64. The van der Waals surface area contributed by atoms with Crippen molar-refractivity contribution in [3.63, 3.8) is 0 Å². The molecule has 0 aliphatic carbocycles. The summed E-state index contributed by atoms with van der Waals surface area (Å²) in [6, 6.07) is 7.42. The summed E-state index contributed by atoms with van der Waals surface area (Å²) in [4.78, 5) is 0. The number of benzene rings is 1. The molecule has 22 heavy (non-hydrogen) atoms. The van der Waals surface area contributed by atoms with Crippen LogP contribution < -0.4 is 0 Å². The molecule has 3 heteroatoms. The van der Waals surface area contributed by atoms with Crippen LogP contribution in [0.15, 0.2) is 24.3 Å². The van der Waals surface area contributed by atoms with Crippen LogP contribution in [0.5, 0.6) is 0 Å². The lowest BCUT2D eigenvalue weighted by Gasteiger charge is -2.08. The molecule has 1 heterocycles. The Morgan fingerprint density at radius 2 is 1.77 bits per heavy atom. The van der Waals surface area contributed by atoms with Gasteiger partial charge in [0, 0.05) is 5.02 Å². The minimum atomic E-state index is -0.544. The Morgan fingerprint density at radius 3 is 2.45 bits per heavy atom. The predicted molar refractivity (Wildman–Crippen MR) is 92.3 cm³/mol. The van der Waals surface area contributed by atoms with E-state index in [4.69, 9.17) is 16.3 Å². The van der Waals surface area contributed by atoms with E-state index in [-0.39, 0.29) is 12.2 Å². The zero-order valence-electron chi connectivity index (χ0n) is 13.6. The molecule has 1 N–H and O–H groups in total. The van der Waals surface area contributed by atoms with Gasteiger partial charge in [0.1, 0.15) is 12.2 Å². The SMILES string of the molecule is CCCCCCCCCC[C@H]1O[C@@H]1[C@@H](O)c1cccc(Cl)c1. The van der Waals surface area contributed by atoms with Gasteiger partial charge in [-0.15, -0.1) is 0 Å². The van der Waals surface area contributed by atoms with Gasteiger partial charge in [-0.05, 0) is 24.1 Å². The van der Waals surface area contributed by atoms with Crippen molar-refractivity contribution in [2.45, 2.75) is 83.0 Å². The maximum atomic E-state index is 10.3. The maximum Gasteiger partial charge on any atom is 0.114 e. The summed E-state index contributed by atoms with van der Waals surface area (Å²) in [5.41, 5.74) is 0.857. The molecule has 0 spiro atoms. The third kappa shape index (κ3) is 5.91. The molecule has 0 saturated carbocycles. The summed E-state index contributed by atoms with van der Waals surface area (Å²) in [5, 5.41) is 11.0. The molecular weight excluding hydrogens is 296 g/mol. The lowest BCUT2D eigenvalue weighted by Crippen LogP contribution is -2.08. The van der Waals surface area contributed by atoms with Crippen LogP contribution in [0.2, 0.25) is 5.02 Å². The number of epoxide rings is 1. The third-order valence-corrected chi connectivity index (χ3v) is 4.70. The van der Waals surface area contributed by atoms with Crippen molar-refractivity contribution in [1.29, 1.82) is 0 Å². The van der Waals surface area contributed by atoms with Gasteiger partial charge in [-0.3, -0.25) is 0 Å². The van der Waals surface area contributed by atoms with Crippen LogP contribution in [0, 0.1) is 0 Å². The topological polar surface area (TPSA) is 32.8 Å². The average molecular weight is 325 g/mol. The van der Waals surface area contributed by atoms with Crippen LogP contribution in [-0.2, 0) is 4.74 Å². The molecule has 1 aromatic rings. The number of ether oxygens (including phenoxy) is 1. The van der Waals surface area contributed by atoms with Gasteiger partial charge in [0.15, 0.2) is 0 Å². The summed E-state index contributed by atoms with van der Waals surface area (Å²) in [6.07, 6.45) is 11.3. The molecule has 0 bridgehead atoms. The van der Waals surface area contributed by atoms with Crippen LogP contribution in [0.25, 0.3) is 0 Å². The Labute approximate surface area is 139 Å². The van der Waals surface area contributed by atoms with E-state index in [1.54, 1.807) is 0 Å². The fourth-order valence-corrected chi connectivity index (χ4v) is 3.22. The van der Waals surface area contributed by atoms with Gasteiger partial charge >= 0.3 is 0 Å². The minimum absolute atomic E-state index is 0.0389. The Balaban J connectivity index is 1.55. The highest BCUT2D eigenvalue weighted by atomic mass is 35.5. The van der Waals surface area contributed by atoms with E-state index >= 15 is 0 Å². The molecule has 1 aromatic carbocycles. The highest BCUT2D eigenvalue weighted by Crippen LogP contribution is 2.37. The largest absolute Gasteiger partial charge is 0.386 e. The van der Waals surface area contributed by atoms with E-state index in [0.29, 0.717) is 5.02 Å². The first-order valence-corrected chi connectivity index (χ1v) is 9.19. The molecule has 1 aliphatic rings. The second-order valence-electron chi connectivity index (χ2n) is 6.40. The smallest absolute Gasteiger partial charge is 0.114 e. The molecule has 1 saturated heterocycles. The second kappa shape index (κ2) is 9.54. The van der Waals surface area contributed by atoms with E-state index in [2.05, 4.69) is 6.92 Å². The fourth-order valence-electron chi connectivity index (χ4n) is 3.03. The van der Waals surface area contributed by atoms with Gasteiger partial charge in [-0.25, -0.2) is 0 Å². The Kier molecular flexibility index (Phi) is 7.71. The van der Waals surface area contributed by atoms with Gasteiger partial charge in [0.05, 0.1) is 6.10 Å². The van der Waals surface area contributed by atoms with Crippen LogP contribution in [0.3, 0.4) is 0 Å². The van der Waals surface area contributed by atoms with E-state index < -0.39 is 6.10 Å². The Morgan fingerprint density at radius 1 is 1.09 bits per heavy atom. The van der Waals surface area contributed by atoms with E-state index in [1.807, 2.05) is 24.3 Å². The van der Waals surface area contributed by atoms with Crippen molar-refractivity contribution in [2.75, 3.05) is 0 Å². The number of aliphatic hydroxyl groups excluding tert-OH is 1. The van der Waals surface area contributed by atoms with Gasteiger partial charge in [0.25, 0.3) is 0 Å². The molecule has 1 fully saturated rings. The third-order valence-electron chi connectivity index (χ3n) is 4.47. The highest BCUT2D eigenvalue weighted by molar-refractivity contribution is 6.30. The van der Waals surface area contributed by atoms with E-state index in [9.17, 15) is 5.11 Å². The van der Waals surface area contributed by atoms with Crippen molar-refractivity contribution < 1.29 is 9.84 Å². The van der Waals surface area contributed by atoms with Gasteiger partial charge in [-0.1, -0.05) is 82.0 Å². The average Bonchev–Trinajstić information content (AvgIpc) is 3.29. The molecule has 0 amide bonds. The number of aliphatic hydroxyl groups is 1. The van der Waals surface area contributed by atoms with E-state index in [0.717, 1.165) is 12.0 Å². The molecule has 2 rings (SSSR count).